The number of benzene rings is 2. The summed E-state index contributed by atoms with van der Waals surface area (Å²) in [6, 6.07) is 13.4. The molecule has 1 aromatic heterocycles. The highest BCUT2D eigenvalue weighted by molar-refractivity contribution is 7.91. The van der Waals surface area contributed by atoms with Gasteiger partial charge < -0.3 is 14.3 Å². The molecule has 1 aliphatic rings. The van der Waals surface area contributed by atoms with E-state index in [1.54, 1.807) is 24.0 Å². The topological polar surface area (TPSA) is 83.7 Å². The van der Waals surface area contributed by atoms with Crippen molar-refractivity contribution in [3.8, 4) is 11.3 Å². The fraction of sp³-hybridized carbons (Fsp3) is 0.333. The molecule has 1 saturated heterocycles. The lowest BCUT2D eigenvalue weighted by molar-refractivity contribution is 0.0670. The molecule has 0 aliphatic carbocycles. The summed E-state index contributed by atoms with van der Waals surface area (Å²) in [4.78, 5) is 16.9. The summed E-state index contributed by atoms with van der Waals surface area (Å²) in [6.07, 6.45) is 0.373. The van der Waals surface area contributed by atoms with Crippen LogP contribution in [0.4, 0.5) is 10.1 Å². The van der Waals surface area contributed by atoms with Crippen molar-refractivity contribution in [2.75, 3.05) is 30.5 Å². The molecule has 0 bridgehead atoms. The molecule has 3 aromatic rings. The van der Waals surface area contributed by atoms with Crippen molar-refractivity contribution in [1.82, 2.24) is 10.1 Å². The van der Waals surface area contributed by atoms with Crippen LogP contribution < -0.4 is 4.90 Å². The van der Waals surface area contributed by atoms with E-state index in [2.05, 4.69) is 5.16 Å². The lowest BCUT2D eigenvalue weighted by atomic mass is 10.1. The molecule has 1 fully saturated rings. The molecule has 174 valence electrons. The molecular formula is C24H26FN3O4S. The molecule has 1 atom stereocenters. The SMILES string of the molecule is Cc1ccc(-c2cc(C(=O)N(Cc3ccc(N(C)C)cc3)[C@@H]3CCS(=O)(=O)C3)no2)cc1F. The van der Waals surface area contributed by atoms with Crippen molar-refractivity contribution in [3.63, 3.8) is 0 Å². The molecule has 0 radical (unpaired) electrons. The number of hydrogen-bond donors (Lipinski definition) is 0. The zero-order valence-electron chi connectivity index (χ0n) is 18.8. The highest BCUT2D eigenvalue weighted by atomic mass is 32.2. The van der Waals surface area contributed by atoms with Crippen LogP contribution in [0.1, 0.15) is 28.0 Å². The van der Waals surface area contributed by atoms with Gasteiger partial charge in [0.05, 0.1) is 11.5 Å². The van der Waals surface area contributed by atoms with E-state index < -0.39 is 21.8 Å². The minimum absolute atomic E-state index is 0.0493. The first kappa shape index (κ1) is 23.0. The average molecular weight is 472 g/mol. The maximum atomic E-state index is 14.0. The van der Waals surface area contributed by atoms with Crippen molar-refractivity contribution in [2.45, 2.75) is 25.9 Å². The van der Waals surface area contributed by atoms with E-state index in [0.29, 0.717) is 17.5 Å². The Hall–Kier alpha value is -3.20. The zero-order chi connectivity index (χ0) is 23.8. The second-order valence-electron chi connectivity index (χ2n) is 8.59. The Balaban J connectivity index is 1.62. The molecule has 1 aliphatic heterocycles. The van der Waals surface area contributed by atoms with Gasteiger partial charge in [0.25, 0.3) is 5.91 Å². The summed E-state index contributed by atoms with van der Waals surface area (Å²) in [5.41, 5.74) is 2.93. The normalized spacial score (nSPS) is 17.2. The van der Waals surface area contributed by atoms with E-state index >= 15 is 0 Å². The Morgan fingerprint density at radius 3 is 2.48 bits per heavy atom. The number of hydrogen-bond acceptors (Lipinski definition) is 6. The lowest BCUT2D eigenvalue weighted by Gasteiger charge is -2.27. The molecule has 2 aromatic carbocycles. The van der Waals surface area contributed by atoms with Gasteiger partial charge >= 0.3 is 0 Å². The van der Waals surface area contributed by atoms with E-state index in [1.807, 2.05) is 43.3 Å². The Morgan fingerprint density at radius 2 is 1.88 bits per heavy atom. The number of rotatable bonds is 6. The van der Waals surface area contributed by atoms with Crippen LogP contribution >= 0.6 is 0 Å². The fourth-order valence-corrected chi connectivity index (χ4v) is 5.62. The van der Waals surface area contributed by atoms with Crippen LogP contribution in [0, 0.1) is 12.7 Å². The van der Waals surface area contributed by atoms with Gasteiger partial charge in [-0.1, -0.05) is 29.4 Å². The third-order valence-electron chi connectivity index (χ3n) is 5.90. The number of carbonyl (C=O) groups is 1. The summed E-state index contributed by atoms with van der Waals surface area (Å²) in [5, 5.41) is 3.91. The van der Waals surface area contributed by atoms with Gasteiger partial charge in [-0.2, -0.15) is 0 Å². The van der Waals surface area contributed by atoms with Crippen LogP contribution in [-0.2, 0) is 16.4 Å². The Labute approximate surface area is 192 Å². The maximum Gasteiger partial charge on any atom is 0.276 e. The predicted molar refractivity (Wildman–Crippen MR) is 124 cm³/mol. The number of halogens is 1. The third-order valence-corrected chi connectivity index (χ3v) is 7.65. The molecule has 1 amide bonds. The molecule has 33 heavy (non-hydrogen) atoms. The van der Waals surface area contributed by atoms with Crippen LogP contribution in [0.25, 0.3) is 11.3 Å². The summed E-state index contributed by atoms with van der Waals surface area (Å²) in [6.45, 7) is 1.90. The Bertz CT molecular complexity index is 1270. The van der Waals surface area contributed by atoms with Gasteiger partial charge in [0.15, 0.2) is 21.3 Å². The van der Waals surface area contributed by atoms with Crippen molar-refractivity contribution in [2.24, 2.45) is 0 Å². The first-order valence-corrected chi connectivity index (χ1v) is 12.5. The Kier molecular flexibility index (Phi) is 6.25. The van der Waals surface area contributed by atoms with Crippen LogP contribution in [0.3, 0.4) is 0 Å². The fourth-order valence-electron chi connectivity index (χ4n) is 3.89. The van der Waals surface area contributed by atoms with Crippen molar-refractivity contribution in [1.29, 1.82) is 0 Å². The number of aromatic nitrogens is 1. The number of aryl methyl sites for hydroxylation is 1. The smallest absolute Gasteiger partial charge is 0.276 e. The number of carbonyl (C=O) groups excluding carboxylic acids is 1. The number of amides is 1. The van der Waals surface area contributed by atoms with Crippen LogP contribution in [0.2, 0.25) is 0 Å². The van der Waals surface area contributed by atoms with Crippen molar-refractivity contribution >= 4 is 21.4 Å². The molecule has 9 heteroatoms. The van der Waals surface area contributed by atoms with Gasteiger partial charge in [-0.25, -0.2) is 12.8 Å². The summed E-state index contributed by atoms with van der Waals surface area (Å²) in [5.74, 6) is -0.561. The molecule has 0 N–H and O–H groups in total. The van der Waals surface area contributed by atoms with Crippen molar-refractivity contribution in [3.05, 3.63) is 71.2 Å². The van der Waals surface area contributed by atoms with Gasteiger partial charge in [0.2, 0.25) is 0 Å². The summed E-state index contributed by atoms with van der Waals surface area (Å²) >= 11 is 0. The summed E-state index contributed by atoms with van der Waals surface area (Å²) < 4.78 is 43.5. The van der Waals surface area contributed by atoms with Crippen LogP contribution in [0.5, 0.6) is 0 Å². The summed E-state index contributed by atoms with van der Waals surface area (Å²) in [7, 11) is 0.682. The van der Waals surface area contributed by atoms with Gasteiger partial charge in [-0.15, -0.1) is 0 Å². The predicted octanol–water partition coefficient (Wildman–Crippen LogP) is 3.68. The average Bonchev–Trinajstić information content (AvgIpc) is 3.40. The van der Waals surface area contributed by atoms with E-state index in [4.69, 9.17) is 4.52 Å². The minimum atomic E-state index is -3.20. The lowest BCUT2D eigenvalue weighted by Crippen LogP contribution is -2.40. The van der Waals surface area contributed by atoms with Gasteiger partial charge in [-0.3, -0.25) is 4.79 Å². The molecule has 0 unspecified atom stereocenters. The number of anilines is 1. The Morgan fingerprint density at radius 1 is 1.15 bits per heavy atom. The minimum Gasteiger partial charge on any atom is -0.378 e. The zero-order valence-corrected chi connectivity index (χ0v) is 19.6. The highest BCUT2D eigenvalue weighted by Crippen LogP contribution is 2.26. The van der Waals surface area contributed by atoms with Crippen molar-refractivity contribution < 1.29 is 22.1 Å². The van der Waals surface area contributed by atoms with E-state index in [-0.39, 0.29) is 35.3 Å². The quantitative estimate of drug-likeness (QED) is 0.545. The molecular weight excluding hydrogens is 445 g/mol. The second-order valence-corrected chi connectivity index (χ2v) is 10.8. The first-order valence-electron chi connectivity index (χ1n) is 10.6. The van der Waals surface area contributed by atoms with E-state index in [1.165, 1.54) is 12.1 Å². The van der Waals surface area contributed by atoms with Gasteiger partial charge in [-0.05, 0) is 42.7 Å². The third kappa shape index (κ3) is 5.08. The second kappa shape index (κ2) is 8.97. The number of nitrogens with zero attached hydrogens (tertiary/aromatic N) is 3. The highest BCUT2D eigenvalue weighted by Gasteiger charge is 2.36. The largest absolute Gasteiger partial charge is 0.378 e. The molecule has 4 rings (SSSR count). The van der Waals surface area contributed by atoms with E-state index in [9.17, 15) is 17.6 Å². The standard InChI is InChI=1S/C24H26FN3O4S/c1-16-4-7-18(12-21(16)25)23-13-22(26-32-23)24(29)28(20-10-11-33(30,31)15-20)14-17-5-8-19(9-6-17)27(2)3/h4-9,12-13,20H,10-11,14-15H2,1-3H3/t20-/m1/s1. The molecule has 2 heterocycles. The molecule has 0 spiro atoms. The molecule has 0 saturated carbocycles. The van der Waals surface area contributed by atoms with Gasteiger partial charge in [0.1, 0.15) is 5.82 Å². The first-order chi connectivity index (χ1) is 15.6. The number of sulfone groups is 1. The van der Waals surface area contributed by atoms with Gasteiger partial charge in [0, 0.05) is 44.0 Å². The van der Waals surface area contributed by atoms with Crippen LogP contribution in [0.15, 0.2) is 53.1 Å². The maximum absolute atomic E-state index is 14.0. The molecule has 7 nitrogen and oxygen atoms in total. The monoisotopic (exact) mass is 471 g/mol. The van der Waals surface area contributed by atoms with E-state index in [0.717, 1.165) is 11.3 Å². The van der Waals surface area contributed by atoms with Crippen LogP contribution in [-0.4, -0.2) is 56.0 Å².